The van der Waals surface area contributed by atoms with Crippen LogP contribution in [-0.2, 0) is 10.0 Å². The first-order valence-electron chi connectivity index (χ1n) is 7.74. The maximum Gasteiger partial charge on any atom is 0.244 e. The van der Waals surface area contributed by atoms with E-state index in [1.165, 1.54) is 0 Å². The number of hydrogen-bond acceptors (Lipinski definition) is 3. The lowest BCUT2D eigenvalue weighted by molar-refractivity contribution is 0.309. The minimum Gasteiger partial charge on any atom is -0.492 e. The Morgan fingerprint density at radius 3 is 2.48 bits per heavy atom. The van der Waals surface area contributed by atoms with Crippen LogP contribution in [-0.4, -0.2) is 15.0 Å². The lowest BCUT2D eigenvalue weighted by atomic mass is 10.1. The summed E-state index contributed by atoms with van der Waals surface area (Å²) in [4.78, 5) is 0.180. The summed E-state index contributed by atoms with van der Waals surface area (Å²) in [5.74, 6) is 0.402. The predicted octanol–water partition coefficient (Wildman–Crippen LogP) is 3.82. The van der Waals surface area contributed by atoms with Gasteiger partial charge in [0.2, 0.25) is 10.0 Å². The number of rotatable bonds is 7. The summed E-state index contributed by atoms with van der Waals surface area (Å²) in [5, 5.41) is 0. The number of sulfonamides is 1. The molecule has 23 heavy (non-hydrogen) atoms. The smallest absolute Gasteiger partial charge is 0.244 e. The van der Waals surface area contributed by atoms with Crippen molar-refractivity contribution in [2.24, 2.45) is 0 Å². The van der Waals surface area contributed by atoms with E-state index in [1.807, 2.05) is 51.1 Å². The van der Waals surface area contributed by atoms with Gasteiger partial charge in [-0.25, -0.2) is 13.1 Å². The van der Waals surface area contributed by atoms with E-state index >= 15 is 0 Å². The molecule has 0 bridgehead atoms. The van der Waals surface area contributed by atoms with Crippen molar-refractivity contribution in [3.05, 3.63) is 59.7 Å². The molecule has 0 aliphatic rings. The van der Waals surface area contributed by atoms with Crippen LogP contribution in [0.25, 0.3) is 0 Å². The van der Waals surface area contributed by atoms with Gasteiger partial charge in [0.25, 0.3) is 0 Å². The monoisotopic (exact) mass is 333 g/mol. The molecule has 0 saturated heterocycles. The molecule has 0 amide bonds. The van der Waals surface area contributed by atoms with Gasteiger partial charge in [0, 0.05) is 6.04 Å². The Morgan fingerprint density at radius 2 is 1.83 bits per heavy atom. The Labute approximate surface area is 138 Å². The molecule has 0 radical (unpaired) electrons. The molecule has 1 N–H and O–H groups in total. The van der Waals surface area contributed by atoms with Crippen molar-refractivity contribution in [3.63, 3.8) is 0 Å². The van der Waals surface area contributed by atoms with Crippen LogP contribution >= 0.6 is 0 Å². The third-order valence-corrected chi connectivity index (χ3v) is 5.06. The Kier molecular flexibility index (Phi) is 5.80. The standard InChI is InChI=1S/C18H23NO3S/c1-4-12-22-17-13-14(2)10-11-18(17)23(20,21)19-15(3)16-8-6-5-7-9-16/h5-11,13,15,19H,4,12H2,1-3H3. The van der Waals surface area contributed by atoms with E-state index in [0.29, 0.717) is 12.4 Å². The molecular weight excluding hydrogens is 310 g/mol. The molecule has 0 fully saturated rings. The number of ether oxygens (including phenoxy) is 1. The number of nitrogens with one attached hydrogen (secondary N) is 1. The molecule has 124 valence electrons. The second-order valence-electron chi connectivity index (χ2n) is 5.55. The van der Waals surface area contributed by atoms with Gasteiger partial charge in [-0.05, 0) is 43.5 Å². The fourth-order valence-electron chi connectivity index (χ4n) is 2.27. The minimum absolute atomic E-state index is 0.180. The maximum atomic E-state index is 12.7. The molecule has 0 heterocycles. The molecule has 2 rings (SSSR count). The van der Waals surface area contributed by atoms with Gasteiger partial charge in [0.05, 0.1) is 6.61 Å². The molecule has 5 heteroatoms. The summed E-state index contributed by atoms with van der Waals surface area (Å²) in [6.45, 7) is 6.21. The van der Waals surface area contributed by atoms with Crippen LogP contribution in [0.1, 0.15) is 37.4 Å². The van der Waals surface area contributed by atoms with Crippen molar-refractivity contribution < 1.29 is 13.2 Å². The molecule has 0 aliphatic heterocycles. The quantitative estimate of drug-likeness (QED) is 0.838. The van der Waals surface area contributed by atoms with E-state index in [9.17, 15) is 8.42 Å². The van der Waals surface area contributed by atoms with Crippen LogP contribution in [0.2, 0.25) is 0 Å². The van der Waals surface area contributed by atoms with E-state index in [1.54, 1.807) is 18.2 Å². The molecule has 2 aromatic rings. The van der Waals surface area contributed by atoms with Gasteiger partial charge in [-0.1, -0.05) is 43.3 Å². The van der Waals surface area contributed by atoms with Gasteiger partial charge in [0.15, 0.2) is 0 Å². The fourth-order valence-corrected chi connectivity index (χ4v) is 3.63. The highest BCUT2D eigenvalue weighted by atomic mass is 32.2. The summed E-state index contributed by atoms with van der Waals surface area (Å²) in [5.41, 5.74) is 1.88. The highest BCUT2D eigenvalue weighted by Gasteiger charge is 2.22. The van der Waals surface area contributed by atoms with Gasteiger partial charge < -0.3 is 4.74 Å². The fraction of sp³-hybridized carbons (Fsp3) is 0.333. The number of benzene rings is 2. The molecule has 4 nitrogen and oxygen atoms in total. The largest absolute Gasteiger partial charge is 0.492 e. The summed E-state index contributed by atoms with van der Waals surface area (Å²) in [6.07, 6.45) is 0.821. The van der Waals surface area contributed by atoms with E-state index in [-0.39, 0.29) is 10.9 Å². The van der Waals surface area contributed by atoms with Crippen molar-refractivity contribution in [1.29, 1.82) is 0 Å². The molecular formula is C18H23NO3S. The van der Waals surface area contributed by atoms with Crippen molar-refractivity contribution in [3.8, 4) is 5.75 Å². The Bertz CT molecular complexity index is 742. The third-order valence-electron chi connectivity index (χ3n) is 3.48. The Morgan fingerprint density at radius 1 is 1.13 bits per heavy atom. The topological polar surface area (TPSA) is 55.4 Å². The van der Waals surface area contributed by atoms with Crippen LogP contribution in [0, 0.1) is 6.92 Å². The lowest BCUT2D eigenvalue weighted by Crippen LogP contribution is -2.27. The lowest BCUT2D eigenvalue weighted by Gasteiger charge is -2.17. The zero-order valence-corrected chi connectivity index (χ0v) is 14.6. The maximum absolute atomic E-state index is 12.7. The highest BCUT2D eigenvalue weighted by molar-refractivity contribution is 7.89. The summed E-state index contributed by atoms with van der Waals surface area (Å²) >= 11 is 0. The van der Waals surface area contributed by atoms with Crippen LogP contribution in [0.3, 0.4) is 0 Å². The first-order chi connectivity index (χ1) is 10.9. The van der Waals surface area contributed by atoms with Gasteiger partial charge in [-0.3, -0.25) is 0 Å². The SMILES string of the molecule is CCCOc1cc(C)ccc1S(=O)(=O)NC(C)c1ccccc1. The van der Waals surface area contributed by atoms with E-state index in [2.05, 4.69) is 4.72 Å². The first kappa shape index (κ1) is 17.5. The molecule has 2 aromatic carbocycles. The second-order valence-corrected chi connectivity index (χ2v) is 7.23. The van der Waals surface area contributed by atoms with Gasteiger partial charge in [-0.15, -0.1) is 0 Å². The minimum atomic E-state index is -3.66. The Hall–Kier alpha value is -1.85. The van der Waals surface area contributed by atoms with Gasteiger partial charge in [-0.2, -0.15) is 0 Å². The summed E-state index contributed by atoms with van der Waals surface area (Å²) in [7, 11) is -3.66. The molecule has 1 atom stereocenters. The van der Waals surface area contributed by atoms with Crippen LogP contribution in [0.5, 0.6) is 5.75 Å². The van der Waals surface area contributed by atoms with Crippen molar-refractivity contribution >= 4 is 10.0 Å². The molecule has 0 aromatic heterocycles. The van der Waals surface area contributed by atoms with E-state index < -0.39 is 10.0 Å². The third kappa shape index (κ3) is 4.56. The van der Waals surface area contributed by atoms with E-state index in [0.717, 1.165) is 17.5 Å². The van der Waals surface area contributed by atoms with Crippen LogP contribution in [0.15, 0.2) is 53.4 Å². The molecule has 0 aliphatic carbocycles. The zero-order valence-electron chi connectivity index (χ0n) is 13.7. The Balaban J connectivity index is 2.28. The normalized spacial score (nSPS) is 12.8. The predicted molar refractivity (Wildman–Crippen MR) is 92.1 cm³/mol. The van der Waals surface area contributed by atoms with Crippen molar-refractivity contribution in [2.45, 2.75) is 38.1 Å². The molecule has 0 spiro atoms. The van der Waals surface area contributed by atoms with Crippen LogP contribution < -0.4 is 9.46 Å². The molecule has 0 saturated carbocycles. The average molecular weight is 333 g/mol. The zero-order chi connectivity index (χ0) is 16.9. The van der Waals surface area contributed by atoms with Crippen LogP contribution in [0.4, 0.5) is 0 Å². The average Bonchev–Trinajstić information content (AvgIpc) is 2.53. The van der Waals surface area contributed by atoms with Gasteiger partial charge >= 0.3 is 0 Å². The van der Waals surface area contributed by atoms with Crippen molar-refractivity contribution in [2.75, 3.05) is 6.61 Å². The summed E-state index contributed by atoms with van der Waals surface area (Å²) in [6, 6.07) is 14.3. The second kappa shape index (κ2) is 7.62. The van der Waals surface area contributed by atoms with Gasteiger partial charge in [0.1, 0.15) is 10.6 Å². The van der Waals surface area contributed by atoms with E-state index in [4.69, 9.17) is 4.74 Å². The summed E-state index contributed by atoms with van der Waals surface area (Å²) < 4.78 is 33.8. The number of hydrogen-bond donors (Lipinski definition) is 1. The molecule has 1 unspecified atom stereocenters. The number of aryl methyl sites for hydroxylation is 1. The first-order valence-corrected chi connectivity index (χ1v) is 9.23. The van der Waals surface area contributed by atoms with Crippen molar-refractivity contribution in [1.82, 2.24) is 4.72 Å². The highest BCUT2D eigenvalue weighted by Crippen LogP contribution is 2.27.